The Bertz CT molecular complexity index is 407. The van der Waals surface area contributed by atoms with E-state index in [1.807, 2.05) is 45.0 Å². The molecule has 1 rings (SSSR count). The zero-order valence-electron chi connectivity index (χ0n) is 11.2. The third kappa shape index (κ3) is 3.72. The summed E-state index contributed by atoms with van der Waals surface area (Å²) < 4.78 is 4.81. The van der Waals surface area contributed by atoms with E-state index in [1.54, 1.807) is 0 Å². The molecule has 0 saturated carbocycles. The van der Waals surface area contributed by atoms with E-state index in [-0.39, 0.29) is 24.0 Å². The summed E-state index contributed by atoms with van der Waals surface area (Å²) >= 11 is 6.14. The molecule has 1 aromatic carbocycles. The Balaban J connectivity index is 2.82. The highest BCUT2D eigenvalue weighted by Crippen LogP contribution is 2.23. The Morgan fingerprint density at radius 2 is 1.89 bits per heavy atom. The molecule has 0 fully saturated rings. The predicted molar refractivity (Wildman–Crippen MR) is 73.6 cm³/mol. The molecule has 0 bridgehead atoms. The number of halogens is 1. The molecule has 0 aliphatic heterocycles. The van der Waals surface area contributed by atoms with Crippen LogP contribution < -0.4 is 5.32 Å². The van der Waals surface area contributed by atoms with Crippen molar-refractivity contribution in [2.75, 3.05) is 7.11 Å². The lowest BCUT2D eigenvalue weighted by Crippen LogP contribution is -2.43. The first-order valence-corrected chi connectivity index (χ1v) is 6.43. The van der Waals surface area contributed by atoms with Gasteiger partial charge in [-0.1, -0.05) is 43.6 Å². The van der Waals surface area contributed by atoms with Crippen molar-refractivity contribution in [2.24, 2.45) is 5.92 Å². The number of carbonyl (C=O) groups excluding carboxylic acids is 1. The SMILES string of the molecule is COC(=O)[C@@H](NC(C)c1ccccc1Cl)C(C)C. The highest BCUT2D eigenvalue weighted by Gasteiger charge is 2.25. The van der Waals surface area contributed by atoms with Crippen molar-refractivity contribution in [1.82, 2.24) is 5.32 Å². The number of rotatable bonds is 5. The number of benzene rings is 1. The van der Waals surface area contributed by atoms with Gasteiger partial charge in [0.1, 0.15) is 6.04 Å². The van der Waals surface area contributed by atoms with Crippen molar-refractivity contribution in [3.63, 3.8) is 0 Å². The van der Waals surface area contributed by atoms with Crippen molar-refractivity contribution in [3.8, 4) is 0 Å². The van der Waals surface area contributed by atoms with Crippen molar-refractivity contribution >= 4 is 17.6 Å². The van der Waals surface area contributed by atoms with Crippen molar-refractivity contribution in [1.29, 1.82) is 0 Å². The van der Waals surface area contributed by atoms with Crippen LogP contribution in [0.5, 0.6) is 0 Å². The van der Waals surface area contributed by atoms with E-state index in [1.165, 1.54) is 7.11 Å². The molecule has 0 radical (unpaired) electrons. The van der Waals surface area contributed by atoms with Gasteiger partial charge in [0.2, 0.25) is 0 Å². The van der Waals surface area contributed by atoms with Crippen LogP contribution in [-0.2, 0) is 9.53 Å². The average Bonchev–Trinajstić information content (AvgIpc) is 2.35. The van der Waals surface area contributed by atoms with Gasteiger partial charge in [-0.25, -0.2) is 0 Å². The topological polar surface area (TPSA) is 38.3 Å². The summed E-state index contributed by atoms with van der Waals surface area (Å²) in [5.74, 6) is -0.0914. The maximum Gasteiger partial charge on any atom is 0.323 e. The Kier molecular flexibility index (Phi) is 5.63. The standard InChI is InChI=1S/C14H20ClNO2/c1-9(2)13(14(17)18-4)16-10(3)11-7-5-6-8-12(11)15/h5-10,13,16H,1-4H3/t10?,13-/m0/s1. The first-order valence-electron chi connectivity index (χ1n) is 6.05. The summed E-state index contributed by atoms with van der Waals surface area (Å²) in [7, 11) is 1.40. The zero-order chi connectivity index (χ0) is 13.7. The Morgan fingerprint density at radius 3 is 2.39 bits per heavy atom. The van der Waals surface area contributed by atoms with Gasteiger partial charge in [-0.15, -0.1) is 0 Å². The fraction of sp³-hybridized carbons (Fsp3) is 0.500. The molecule has 1 unspecified atom stereocenters. The molecule has 0 aliphatic rings. The van der Waals surface area contributed by atoms with Gasteiger partial charge >= 0.3 is 5.97 Å². The normalized spacial score (nSPS) is 14.3. The van der Waals surface area contributed by atoms with Crippen LogP contribution in [0.4, 0.5) is 0 Å². The lowest BCUT2D eigenvalue weighted by Gasteiger charge is -2.25. The number of hydrogen-bond donors (Lipinski definition) is 1. The number of methoxy groups -OCH3 is 1. The van der Waals surface area contributed by atoms with Gasteiger partial charge < -0.3 is 4.74 Å². The number of hydrogen-bond acceptors (Lipinski definition) is 3. The predicted octanol–water partition coefficient (Wildman–Crippen LogP) is 3.19. The molecular formula is C14H20ClNO2. The van der Waals surface area contributed by atoms with Gasteiger partial charge in [0, 0.05) is 11.1 Å². The van der Waals surface area contributed by atoms with E-state index in [2.05, 4.69) is 5.32 Å². The molecule has 0 amide bonds. The lowest BCUT2D eigenvalue weighted by molar-refractivity contribution is -0.144. The van der Waals surface area contributed by atoms with Crippen molar-refractivity contribution in [2.45, 2.75) is 32.9 Å². The summed E-state index contributed by atoms with van der Waals surface area (Å²) in [5.41, 5.74) is 0.980. The minimum absolute atomic E-state index is 0.00907. The minimum Gasteiger partial charge on any atom is -0.468 e. The van der Waals surface area contributed by atoms with Crippen LogP contribution in [0.1, 0.15) is 32.4 Å². The molecule has 0 aliphatic carbocycles. The Morgan fingerprint density at radius 1 is 1.28 bits per heavy atom. The van der Waals surface area contributed by atoms with Crippen molar-refractivity contribution in [3.05, 3.63) is 34.9 Å². The highest BCUT2D eigenvalue weighted by atomic mass is 35.5. The van der Waals surface area contributed by atoms with Crippen LogP contribution in [0, 0.1) is 5.92 Å². The molecular weight excluding hydrogens is 250 g/mol. The van der Waals surface area contributed by atoms with E-state index >= 15 is 0 Å². The quantitative estimate of drug-likeness (QED) is 0.835. The van der Waals surface area contributed by atoms with Crippen molar-refractivity contribution < 1.29 is 9.53 Å². The van der Waals surface area contributed by atoms with E-state index in [9.17, 15) is 4.79 Å². The van der Waals surface area contributed by atoms with Gasteiger partial charge in [0.05, 0.1) is 7.11 Å². The van der Waals surface area contributed by atoms with E-state index in [4.69, 9.17) is 16.3 Å². The molecule has 0 heterocycles. The monoisotopic (exact) mass is 269 g/mol. The maximum atomic E-state index is 11.7. The second kappa shape index (κ2) is 6.76. The Hall–Kier alpha value is -1.06. The fourth-order valence-corrected chi connectivity index (χ4v) is 2.14. The largest absolute Gasteiger partial charge is 0.468 e. The molecule has 2 atom stereocenters. The number of esters is 1. The molecule has 0 spiro atoms. The third-order valence-corrected chi connectivity index (χ3v) is 3.27. The number of ether oxygens (including phenoxy) is 1. The first-order chi connectivity index (χ1) is 8.47. The molecule has 3 nitrogen and oxygen atoms in total. The summed E-state index contributed by atoms with van der Waals surface area (Å²) in [6, 6.07) is 7.28. The zero-order valence-corrected chi connectivity index (χ0v) is 12.0. The van der Waals surface area contributed by atoms with E-state index in [0.717, 1.165) is 5.56 Å². The minimum atomic E-state index is -0.332. The summed E-state index contributed by atoms with van der Waals surface area (Å²) in [6.07, 6.45) is 0. The third-order valence-electron chi connectivity index (χ3n) is 2.92. The van der Waals surface area contributed by atoms with Crippen LogP contribution in [0.3, 0.4) is 0 Å². The van der Waals surface area contributed by atoms with Gasteiger partial charge in [-0.05, 0) is 24.5 Å². The second-order valence-corrected chi connectivity index (χ2v) is 5.06. The molecule has 4 heteroatoms. The van der Waals surface area contributed by atoms with E-state index < -0.39 is 0 Å². The summed E-state index contributed by atoms with van der Waals surface area (Å²) in [5, 5.41) is 3.96. The van der Waals surface area contributed by atoms with Gasteiger partial charge in [-0.2, -0.15) is 0 Å². The summed E-state index contributed by atoms with van der Waals surface area (Å²) in [6.45, 7) is 5.95. The molecule has 18 heavy (non-hydrogen) atoms. The molecule has 0 aromatic heterocycles. The maximum absolute atomic E-state index is 11.7. The molecule has 1 N–H and O–H groups in total. The second-order valence-electron chi connectivity index (χ2n) is 4.65. The summed E-state index contributed by atoms with van der Waals surface area (Å²) in [4.78, 5) is 11.7. The van der Waals surface area contributed by atoms with Crippen LogP contribution in [0.2, 0.25) is 5.02 Å². The van der Waals surface area contributed by atoms with Crippen LogP contribution in [-0.4, -0.2) is 19.1 Å². The van der Waals surface area contributed by atoms with Crippen LogP contribution in [0.15, 0.2) is 24.3 Å². The number of carbonyl (C=O) groups is 1. The first kappa shape index (κ1) is 15.0. The smallest absolute Gasteiger partial charge is 0.323 e. The molecule has 100 valence electrons. The highest BCUT2D eigenvalue weighted by molar-refractivity contribution is 6.31. The average molecular weight is 270 g/mol. The van der Waals surface area contributed by atoms with Crippen LogP contribution >= 0.6 is 11.6 Å². The van der Waals surface area contributed by atoms with E-state index in [0.29, 0.717) is 5.02 Å². The van der Waals surface area contributed by atoms with Gasteiger partial charge in [-0.3, -0.25) is 10.1 Å². The number of nitrogens with one attached hydrogen (secondary N) is 1. The van der Waals surface area contributed by atoms with Gasteiger partial charge in [0.25, 0.3) is 0 Å². The Labute approximate surface area is 113 Å². The molecule has 0 saturated heterocycles. The van der Waals surface area contributed by atoms with Gasteiger partial charge in [0.15, 0.2) is 0 Å². The fourth-order valence-electron chi connectivity index (χ4n) is 1.85. The van der Waals surface area contributed by atoms with Crippen LogP contribution in [0.25, 0.3) is 0 Å². The lowest BCUT2D eigenvalue weighted by atomic mass is 10.0. The molecule has 1 aromatic rings.